The monoisotopic (exact) mass is 278 g/mol. The zero-order chi connectivity index (χ0) is 15.5. The van der Waals surface area contributed by atoms with Crippen LogP contribution >= 0.6 is 0 Å². The molecule has 0 heterocycles. The maximum Gasteiger partial charge on any atom is 0.328 e. The van der Waals surface area contributed by atoms with Crippen LogP contribution in [0.3, 0.4) is 0 Å². The van der Waals surface area contributed by atoms with E-state index in [0.717, 1.165) is 11.4 Å². The van der Waals surface area contributed by atoms with Crippen LogP contribution in [0, 0.1) is 6.92 Å². The summed E-state index contributed by atoms with van der Waals surface area (Å²) in [6.45, 7) is 9.48. The fourth-order valence-electron chi connectivity index (χ4n) is 1.88. The molecule has 0 aliphatic carbocycles. The molecule has 1 N–H and O–H groups in total. The van der Waals surface area contributed by atoms with Gasteiger partial charge in [0.15, 0.2) is 0 Å². The molecule has 0 bridgehead atoms. The van der Waals surface area contributed by atoms with Gasteiger partial charge < -0.3 is 15.0 Å². The second kappa shape index (κ2) is 6.16. The summed E-state index contributed by atoms with van der Waals surface area (Å²) in [5.74, 6) is -0.246. The van der Waals surface area contributed by atoms with E-state index in [2.05, 4.69) is 17.1 Å². The third kappa shape index (κ3) is 4.76. The quantitative estimate of drug-likeness (QED) is 0.859. The lowest BCUT2D eigenvalue weighted by Gasteiger charge is -2.24. The predicted molar refractivity (Wildman–Crippen MR) is 84.4 cm³/mol. The zero-order valence-electron chi connectivity index (χ0n) is 13.6. The maximum atomic E-state index is 12.0. The Hall–Kier alpha value is -1.71. The number of hydrogen-bond acceptors (Lipinski definition) is 4. The van der Waals surface area contributed by atoms with Crippen LogP contribution in [-0.2, 0) is 9.53 Å². The summed E-state index contributed by atoms with van der Waals surface area (Å²) >= 11 is 0. The van der Waals surface area contributed by atoms with Gasteiger partial charge in [0, 0.05) is 25.5 Å². The van der Waals surface area contributed by atoms with E-state index >= 15 is 0 Å². The van der Waals surface area contributed by atoms with Gasteiger partial charge in [-0.25, -0.2) is 4.79 Å². The summed E-state index contributed by atoms with van der Waals surface area (Å²) in [5.41, 5.74) is 2.78. The second-order valence-electron chi connectivity index (χ2n) is 6.30. The number of benzene rings is 1. The van der Waals surface area contributed by atoms with Crippen molar-refractivity contribution in [3.63, 3.8) is 0 Å². The van der Waals surface area contributed by atoms with Crippen LogP contribution in [-0.4, -0.2) is 31.7 Å². The molecule has 1 atom stereocenters. The van der Waals surface area contributed by atoms with Crippen LogP contribution in [0.1, 0.15) is 33.3 Å². The molecule has 0 aromatic heterocycles. The molecule has 1 aromatic carbocycles. The highest BCUT2D eigenvalue weighted by molar-refractivity contribution is 5.79. The molecule has 1 aromatic rings. The summed E-state index contributed by atoms with van der Waals surface area (Å²) in [6.07, 6.45) is 0. The highest BCUT2D eigenvalue weighted by atomic mass is 16.6. The molecule has 0 amide bonds. The van der Waals surface area contributed by atoms with Crippen LogP contribution in [0.5, 0.6) is 0 Å². The van der Waals surface area contributed by atoms with E-state index in [4.69, 9.17) is 4.74 Å². The standard InChI is InChI=1S/C16H26N2O2/c1-11-8-9-13(10-14(11)18(6)7)17-12(2)15(19)20-16(3,4)5/h8-10,12,17H,1-7H3. The number of nitrogens with zero attached hydrogens (tertiary/aromatic N) is 1. The van der Waals surface area contributed by atoms with Crippen LogP contribution in [0.4, 0.5) is 11.4 Å². The van der Waals surface area contributed by atoms with Crippen molar-refractivity contribution in [3.05, 3.63) is 23.8 Å². The molecule has 112 valence electrons. The van der Waals surface area contributed by atoms with Crippen molar-refractivity contribution >= 4 is 17.3 Å². The van der Waals surface area contributed by atoms with Gasteiger partial charge in [0.1, 0.15) is 11.6 Å². The lowest BCUT2D eigenvalue weighted by molar-refractivity contribution is -0.155. The third-order valence-corrected chi connectivity index (χ3v) is 2.83. The normalized spacial score (nSPS) is 12.8. The van der Waals surface area contributed by atoms with Crippen molar-refractivity contribution in [3.8, 4) is 0 Å². The summed E-state index contributed by atoms with van der Waals surface area (Å²) in [6, 6.07) is 5.67. The minimum Gasteiger partial charge on any atom is -0.458 e. The third-order valence-electron chi connectivity index (χ3n) is 2.83. The molecule has 0 spiro atoms. The van der Waals surface area contributed by atoms with E-state index in [-0.39, 0.29) is 12.0 Å². The Morgan fingerprint density at radius 1 is 1.30 bits per heavy atom. The Kier molecular flexibility index (Phi) is 5.03. The van der Waals surface area contributed by atoms with E-state index < -0.39 is 5.60 Å². The Balaban J connectivity index is 2.78. The molecule has 0 aliphatic rings. The largest absolute Gasteiger partial charge is 0.458 e. The van der Waals surface area contributed by atoms with E-state index in [1.54, 1.807) is 0 Å². The van der Waals surface area contributed by atoms with E-state index in [0.29, 0.717) is 0 Å². The number of anilines is 2. The van der Waals surface area contributed by atoms with Crippen molar-refractivity contribution in [2.45, 2.75) is 46.3 Å². The van der Waals surface area contributed by atoms with Crippen molar-refractivity contribution in [2.24, 2.45) is 0 Å². The van der Waals surface area contributed by atoms with E-state index in [1.165, 1.54) is 5.56 Å². The van der Waals surface area contributed by atoms with Gasteiger partial charge in [-0.15, -0.1) is 0 Å². The minimum atomic E-state index is -0.463. The van der Waals surface area contributed by atoms with Crippen molar-refractivity contribution < 1.29 is 9.53 Å². The lowest BCUT2D eigenvalue weighted by atomic mass is 10.1. The van der Waals surface area contributed by atoms with Crippen molar-refractivity contribution in [2.75, 3.05) is 24.3 Å². The molecule has 4 heteroatoms. The maximum absolute atomic E-state index is 12.0. The van der Waals surface area contributed by atoms with Gasteiger partial charge in [0.05, 0.1) is 0 Å². The molecule has 1 rings (SSSR count). The molecule has 1 unspecified atom stereocenters. The molecule has 0 aliphatic heterocycles. The first-order chi connectivity index (χ1) is 9.10. The Morgan fingerprint density at radius 2 is 1.90 bits per heavy atom. The molecule has 4 nitrogen and oxygen atoms in total. The highest BCUT2D eigenvalue weighted by Gasteiger charge is 2.21. The average molecular weight is 278 g/mol. The van der Waals surface area contributed by atoms with E-state index in [1.807, 2.05) is 60.0 Å². The first kappa shape index (κ1) is 16.3. The molecular formula is C16H26N2O2. The summed E-state index contributed by atoms with van der Waals surface area (Å²) in [4.78, 5) is 14.0. The van der Waals surface area contributed by atoms with Gasteiger partial charge >= 0.3 is 5.97 Å². The molecule has 0 radical (unpaired) electrons. The lowest BCUT2D eigenvalue weighted by Crippen LogP contribution is -2.34. The molecular weight excluding hydrogens is 252 g/mol. The summed E-state index contributed by atoms with van der Waals surface area (Å²) < 4.78 is 5.36. The van der Waals surface area contributed by atoms with Gasteiger partial charge in [0.25, 0.3) is 0 Å². The summed E-state index contributed by atoms with van der Waals surface area (Å²) in [5, 5.41) is 3.19. The number of hydrogen-bond donors (Lipinski definition) is 1. The predicted octanol–water partition coefficient (Wildman–Crippen LogP) is 3.20. The number of rotatable bonds is 4. The first-order valence-corrected chi connectivity index (χ1v) is 6.87. The van der Waals surface area contributed by atoms with Crippen molar-refractivity contribution in [1.29, 1.82) is 0 Å². The molecule has 0 saturated carbocycles. The SMILES string of the molecule is Cc1ccc(NC(C)C(=O)OC(C)(C)C)cc1N(C)C. The van der Waals surface area contributed by atoms with Gasteiger partial charge in [-0.2, -0.15) is 0 Å². The number of aryl methyl sites for hydroxylation is 1. The highest BCUT2D eigenvalue weighted by Crippen LogP contribution is 2.23. The fraction of sp³-hybridized carbons (Fsp3) is 0.562. The van der Waals surface area contributed by atoms with Crippen LogP contribution < -0.4 is 10.2 Å². The average Bonchev–Trinajstić information content (AvgIpc) is 2.28. The van der Waals surface area contributed by atoms with Crippen LogP contribution in [0.15, 0.2) is 18.2 Å². The Bertz CT molecular complexity index is 476. The van der Waals surface area contributed by atoms with Gasteiger partial charge in [-0.3, -0.25) is 0 Å². The molecule has 0 saturated heterocycles. The number of nitrogens with one attached hydrogen (secondary N) is 1. The fourth-order valence-corrected chi connectivity index (χ4v) is 1.88. The Morgan fingerprint density at radius 3 is 2.40 bits per heavy atom. The second-order valence-corrected chi connectivity index (χ2v) is 6.30. The molecule has 0 fully saturated rings. The van der Waals surface area contributed by atoms with Crippen LogP contribution in [0.25, 0.3) is 0 Å². The van der Waals surface area contributed by atoms with Gasteiger partial charge in [0.2, 0.25) is 0 Å². The van der Waals surface area contributed by atoms with Crippen molar-refractivity contribution in [1.82, 2.24) is 0 Å². The smallest absolute Gasteiger partial charge is 0.328 e. The van der Waals surface area contributed by atoms with E-state index in [9.17, 15) is 4.79 Å². The minimum absolute atomic E-state index is 0.246. The Labute approximate surface area is 122 Å². The van der Waals surface area contributed by atoms with Gasteiger partial charge in [-0.1, -0.05) is 6.07 Å². The first-order valence-electron chi connectivity index (χ1n) is 6.87. The summed E-state index contributed by atoms with van der Waals surface area (Å²) in [7, 11) is 4.01. The topological polar surface area (TPSA) is 41.6 Å². The number of esters is 1. The number of ether oxygens (including phenoxy) is 1. The van der Waals surface area contributed by atoms with Crippen LogP contribution in [0.2, 0.25) is 0 Å². The number of carbonyl (C=O) groups excluding carboxylic acids is 1. The zero-order valence-corrected chi connectivity index (χ0v) is 13.6. The van der Waals surface area contributed by atoms with Gasteiger partial charge in [-0.05, 0) is 52.3 Å². The number of carbonyl (C=O) groups is 1. The molecule has 20 heavy (non-hydrogen) atoms.